The fourth-order valence-corrected chi connectivity index (χ4v) is 4.04. The van der Waals surface area contributed by atoms with E-state index in [1.165, 1.54) is 12.8 Å². The molecule has 0 spiro atoms. The topological polar surface area (TPSA) is 41.6 Å². The summed E-state index contributed by atoms with van der Waals surface area (Å²) in [5.74, 6) is 1.36. The molecule has 0 radical (unpaired) electrons. The van der Waals surface area contributed by atoms with E-state index in [9.17, 15) is 4.79 Å². The summed E-state index contributed by atoms with van der Waals surface area (Å²) < 4.78 is 5.86. The van der Waals surface area contributed by atoms with Crippen LogP contribution < -0.4 is 5.32 Å². The van der Waals surface area contributed by atoms with E-state index < -0.39 is 0 Å². The van der Waals surface area contributed by atoms with Gasteiger partial charge in [0.25, 0.3) is 0 Å². The molecule has 2 fully saturated rings. The van der Waals surface area contributed by atoms with Gasteiger partial charge in [0.05, 0.1) is 13.2 Å². The van der Waals surface area contributed by atoms with Crippen molar-refractivity contribution in [1.82, 2.24) is 10.2 Å². The summed E-state index contributed by atoms with van der Waals surface area (Å²) in [6.07, 6.45) is 2.88. The van der Waals surface area contributed by atoms with Gasteiger partial charge in [-0.15, -0.1) is 0 Å². The van der Waals surface area contributed by atoms with Gasteiger partial charge in [-0.1, -0.05) is 36.7 Å². The Morgan fingerprint density at radius 2 is 2.12 bits per heavy atom. The summed E-state index contributed by atoms with van der Waals surface area (Å²) >= 11 is 6.28. The average Bonchev–Trinajstić information content (AvgIpc) is 2.63. The Balaban J connectivity index is 1.57. The molecule has 2 unspecified atom stereocenters. The summed E-state index contributed by atoms with van der Waals surface area (Å²) in [7, 11) is 0. The number of ether oxygens (including phenoxy) is 1. The molecule has 1 aromatic rings. The molecule has 2 aliphatic rings. The zero-order valence-electron chi connectivity index (χ0n) is 14.3. The first-order valence-corrected chi connectivity index (χ1v) is 9.37. The predicted octanol–water partition coefficient (Wildman–Crippen LogP) is 3.27. The molecule has 1 N–H and O–H groups in total. The molecule has 0 aliphatic carbocycles. The van der Waals surface area contributed by atoms with Crippen LogP contribution in [0, 0.1) is 11.8 Å². The van der Waals surface area contributed by atoms with Gasteiger partial charge in [-0.3, -0.25) is 4.79 Å². The highest BCUT2D eigenvalue weighted by molar-refractivity contribution is 6.31. The number of halogens is 1. The smallest absolute Gasteiger partial charge is 0.223 e. The molecular formula is C19H27ClN2O2. The molecule has 2 aliphatic heterocycles. The second-order valence-electron chi connectivity index (χ2n) is 6.99. The van der Waals surface area contributed by atoms with Gasteiger partial charge in [0.15, 0.2) is 0 Å². The normalized spacial score (nSPS) is 23.9. The van der Waals surface area contributed by atoms with Crippen molar-refractivity contribution < 1.29 is 9.53 Å². The molecule has 2 saturated heterocycles. The number of hydrogen-bond donors (Lipinski definition) is 1. The number of carbonyl (C=O) groups is 1. The fourth-order valence-electron chi connectivity index (χ4n) is 3.78. The Morgan fingerprint density at radius 3 is 2.88 bits per heavy atom. The molecule has 2 atom stereocenters. The van der Waals surface area contributed by atoms with E-state index in [1.54, 1.807) is 0 Å². The minimum atomic E-state index is -0.120. The highest BCUT2D eigenvalue weighted by Gasteiger charge is 2.29. The Hall–Kier alpha value is -1.10. The number of nitrogens with one attached hydrogen (secondary N) is 1. The van der Waals surface area contributed by atoms with E-state index in [4.69, 9.17) is 16.3 Å². The lowest BCUT2D eigenvalue weighted by atomic mass is 9.84. The van der Waals surface area contributed by atoms with Gasteiger partial charge in [-0.05, 0) is 43.8 Å². The van der Waals surface area contributed by atoms with Crippen molar-refractivity contribution in [1.29, 1.82) is 0 Å². The van der Waals surface area contributed by atoms with Crippen LogP contribution in [0.5, 0.6) is 0 Å². The number of hydrogen-bond acceptors (Lipinski definition) is 3. The molecular weight excluding hydrogens is 324 g/mol. The van der Waals surface area contributed by atoms with E-state index >= 15 is 0 Å². The van der Waals surface area contributed by atoms with E-state index in [1.807, 2.05) is 29.2 Å². The number of carbonyl (C=O) groups excluding carboxylic acids is 1. The summed E-state index contributed by atoms with van der Waals surface area (Å²) in [6, 6.07) is 7.74. The Bertz CT molecular complexity index is 560. The number of morpholine rings is 1. The van der Waals surface area contributed by atoms with Gasteiger partial charge < -0.3 is 15.0 Å². The van der Waals surface area contributed by atoms with Gasteiger partial charge in [-0.25, -0.2) is 0 Å². The minimum Gasteiger partial charge on any atom is -0.370 e. The molecule has 0 saturated carbocycles. The first-order valence-electron chi connectivity index (χ1n) is 8.99. The Labute approximate surface area is 149 Å². The van der Waals surface area contributed by atoms with Gasteiger partial charge in [0, 0.05) is 23.6 Å². The van der Waals surface area contributed by atoms with Crippen LogP contribution in [0.2, 0.25) is 5.02 Å². The van der Waals surface area contributed by atoms with E-state index in [0.29, 0.717) is 43.0 Å². The molecule has 4 nitrogen and oxygen atoms in total. The molecule has 3 rings (SSSR count). The van der Waals surface area contributed by atoms with Gasteiger partial charge >= 0.3 is 0 Å². The van der Waals surface area contributed by atoms with E-state index in [2.05, 4.69) is 12.2 Å². The number of rotatable bonds is 4. The predicted molar refractivity (Wildman–Crippen MR) is 96.1 cm³/mol. The van der Waals surface area contributed by atoms with Crippen LogP contribution in [-0.2, 0) is 9.53 Å². The van der Waals surface area contributed by atoms with Crippen LogP contribution in [0.4, 0.5) is 0 Å². The number of amides is 1. The quantitative estimate of drug-likeness (QED) is 0.906. The standard InChI is InChI=1S/C19H27ClN2O2/c1-14(15-6-8-21-9-7-15)12-19(23)22-10-11-24-18(13-22)16-4-2-3-5-17(16)20/h2-5,14-15,18,21H,6-13H2,1H3. The molecule has 24 heavy (non-hydrogen) atoms. The average molecular weight is 351 g/mol. The van der Waals surface area contributed by atoms with E-state index in [0.717, 1.165) is 18.7 Å². The number of piperidine rings is 1. The lowest BCUT2D eigenvalue weighted by molar-refractivity contribution is -0.140. The van der Waals surface area contributed by atoms with Crippen LogP contribution in [0.3, 0.4) is 0 Å². The summed E-state index contributed by atoms with van der Waals surface area (Å²) in [5.41, 5.74) is 0.975. The number of nitrogens with zero attached hydrogens (tertiary/aromatic N) is 1. The maximum absolute atomic E-state index is 12.7. The molecule has 1 aromatic carbocycles. The maximum atomic E-state index is 12.7. The third-order valence-corrected chi connectivity index (χ3v) is 5.70. The second-order valence-corrected chi connectivity index (χ2v) is 7.40. The van der Waals surface area contributed by atoms with Crippen molar-refractivity contribution in [2.75, 3.05) is 32.8 Å². The summed E-state index contributed by atoms with van der Waals surface area (Å²) in [6.45, 7) is 6.23. The van der Waals surface area contributed by atoms with Crippen molar-refractivity contribution in [3.63, 3.8) is 0 Å². The lowest BCUT2D eigenvalue weighted by Crippen LogP contribution is -2.43. The molecule has 0 aromatic heterocycles. The molecule has 132 valence electrons. The minimum absolute atomic E-state index is 0.120. The van der Waals surface area contributed by atoms with Crippen LogP contribution in [0.15, 0.2) is 24.3 Å². The highest BCUT2D eigenvalue weighted by Crippen LogP contribution is 2.30. The largest absolute Gasteiger partial charge is 0.370 e. The lowest BCUT2D eigenvalue weighted by Gasteiger charge is -2.35. The number of benzene rings is 1. The molecule has 2 heterocycles. The van der Waals surface area contributed by atoms with Gasteiger partial charge in [0.1, 0.15) is 6.10 Å². The second kappa shape index (κ2) is 8.32. The molecule has 1 amide bonds. The van der Waals surface area contributed by atoms with Crippen molar-refractivity contribution in [2.45, 2.75) is 32.3 Å². The molecule has 0 bridgehead atoms. The molecule has 5 heteroatoms. The van der Waals surface area contributed by atoms with Crippen LogP contribution in [-0.4, -0.2) is 43.6 Å². The zero-order chi connectivity index (χ0) is 16.9. The van der Waals surface area contributed by atoms with Crippen molar-refractivity contribution in [3.05, 3.63) is 34.9 Å². The van der Waals surface area contributed by atoms with Gasteiger partial charge in [-0.2, -0.15) is 0 Å². The first-order chi connectivity index (χ1) is 11.6. The van der Waals surface area contributed by atoms with Crippen LogP contribution >= 0.6 is 11.6 Å². The van der Waals surface area contributed by atoms with Crippen molar-refractivity contribution in [3.8, 4) is 0 Å². The highest BCUT2D eigenvalue weighted by atomic mass is 35.5. The first kappa shape index (κ1) is 17.7. The third-order valence-electron chi connectivity index (χ3n) is 5.36. The SMILES string of the molecule is CC(CC(=O)N1CCOC(c2ccccc2Cl)C1)C1CCNCC1. The van der Waals surface area contributed by atoms with Crippen LogP contribution in [0.25, 0.3) is 0 Å². The summed E-state index contributed by atoms with van der Waals surface area (Å²) in [4.78, 5) is 14.7. The maximum Gasteiger partial charge on any atom is 0.223 e. The summed E-state index contributed by atoms with van der Waals surface area (Å²) in [5, 5.41) is 4.10. The monoisotopic (exact) mass is 350 g/mol. The zero-order valence-corrected chi connectivity index (χ0v) is 15.1. The van der Waals surface area contributed by atoms with Crippen molar-refractivity contribution in [2.24, 2.45) is 11.8 Å². The Morgan fingerprint density at radius 1 is 1.38 bits per heavy atom. The van der Waals surface area contributed by atoms with E-state index in [-0.39, 0.29) is 12.0 Å². The Kier molecular flexibility index (Phi) is 6.14. The van der Waals surface area contributed by atoms with Crippen molar-refractivity contribution >= 4 is 17.5 Å². The van der Waals surface area contributed by atoms with Gasteiger partial charge in [0.2, 0.25) is 5.91 Å². The fraction of sp³-hybridized carbons (Fsp3) is 0.632. The van der Waals surface area contributed by atoms with Crippen LogP contribution in [0.1, 0.15) is 37.9 Å². The third kappa shape index (κ3) is 4.29.